The molecule has 0 bridgehead atoms. The Kier molecular flexibility index (Phi) is 2.54. The number of nitrogens with one attached hydrogen (secondary N) is 1. The standard InChI is InChI=1S/C10H18N4/c1-2-8-12-9(14-13-8)7-10(11)5-3-4-6-10/h2-7,11H2,1H3,(H,12,13,14). The Morgan fingerprint density at radius 1 is 1.43 bits per heavy atom. The lowest BCUT2D eigenvalue weighted by Crippen LogP contribution is -2.39. The van der Waals surface area contributed by atoms with Crippen LogP contribution in [0.1, 0.15) is 44.3 Å². The fraction of sp³-hybridized carbons (Fsp3) is 0.800. The predicted molar refractivity (Wildman–Crippen MR) is 54.9 cm³/mol. The van der Waals surface area contributed by atoms with Gasteiger partial charge in [-0.1, -0.05) is 19.8 Å². The number of hydrogen-bond acceptors (Lipinski definition) is 3. The van der Waals surface area contributed by atoms with Gasteiger partial charge in [-0.25, -0.2) is 4.98 Å². The van der Waals surface area contributed by atoms with Gasteiger partial charge in [0.25, 0.3) is 0 Å². The van der Waals surface area contributed by atoms with Gasteiger partial charge in [0, 0.05) is 18.4 Å². The smallest absolute Gasteiger partial charge is 0.150 e. The van der Waals surface area contributed by atoms with E-state index in [0.717, 1.165) is 37.3 Å². The molecular weight excluding hydrogens is 176 g/mol. The van der Waals surface area contributed by atoms with E-state index in [1.54, 1.807) is 0 Å². The Bertz CT molecular complexity index is 299. The fourth-order valence-corrected chi connectivity index (χ4v) is 2.16. The van der Waals surface area contributed by atoms with Crippen LogP contribution in [0.5, 0.6) is 0 Å². The summed E-state index contributed by atoms with van der Waals surface area (Å²) >= 11 is 0. The summed E-state index contributed by atoms with van der Waals surface area (Å²) in [6, 6.07) is 0. The van der Waals surface area contributed by atoms with Gasteiger partial charge in [-0.3, -0.25) is 5.10 Å². The molecular formula is C10H18N4. The maximum atomic E-state index is 6.25. The molecule has 1 aromatic heterocycles. The van der Waals surface area contributed by atoms with Crippen molar-refractivity contribution in [3.63, 3.8) is 0 Å². The Balaban J connectivity index is 2.02. The van der Waals surface area contributed by atoms with Crippen LogP contribution in [0.25, 0.3) is 0 Å². The molecule has 0 atom stereocenters. The third kappa shape index (κ3) is 1.95. The Morgan fingerprint density at radius 3 is 2.71 bits per heavy atom. The van der Waals surface area contributed by atoms with Crippen molar-refractivity contribution in [2.45, 2.75) is 51.0 Å². The molecule has 0 aliphatic heterocycles. The zero-order valence-electron chi connectivity index (χ0n) is 8.71. The van der Waals surface area contributed by atoms with Gasteiger partial charge in [0.1, 0.15) is 11.6 Å². The molecule has 1 aliphatic rings. The number of hydrogen-bond donors (Lipinski definition) is 2. The van der Waals surface area contributed by atoms with Crippen LogP contribution in [-0.2, 0) is 12.8 Å². The Labute approximate surface area is 84.3 Å². The van der Waals surface area contributed by atoms with Gasteiger partial charge >= 0.3 is 0 Å². The van der Waals surface area contributed by atoms with Crippen LogP contribution in [0.4, 0.5) is 0 Å². The molecule has 78 valence electrons. The lowest BCUT2D eigenvalue weighted by atomic mass is 9.94. The summed E-state index contributed by atoms with van der Waals surface area (Å²) in [7, 11) is 0. The van der Waals surface area contributed by atoms with Gasteiger partial charge in [-0.15, -0.1) is 0 Å². The molecule has 0 aromatic carbocycles. The second-order valence-corrected chi connectivity index (χ2v) is 4.30. The van der Waals surface area contributed by atoms with Gasteiger partial charge in [0.05, 0.1) is 0 Å². The van der Waals surface area contributed by atoms with Crippen molar-refractivity contribution in [2.24, 2.45) is 5.73 Å². The van der Waals surface area contributed by atoms with Crippen molar-refractivity contribution in [3.05, 3.63) is 11.6 Å². The molecule has 1 aromatic rings. The van der Waals surface area contributed by atoms with Gasteiger partial charge in [-0.2, -0.15) is 5.10 Å². The van der Waals surface area contributed by atoms with Crippen LogP contribution in [0.2, 0.25) is 0 Å². The molecule has 14 heavy (non-hydrogen) atoms. The van der Waals surface area contributed by atoms with Crippen LogP contribution in [-0.4, -0.2) is 20.7 Å². The summed E-state index contributed by atoms with van der Waals surface area (Å²) in [5.74, 6) is 1.84. The average molecular weight is 194 g/mol. The Morgan fingerprint density at radius 2 is 2.14 bits per heavy atom. The monoisotopic (exact) mass is 194 g/mol. The number of aromatic amines is 1. The number of aryl methyl sites for hydroxylation is 1. The highest BCUT2D eigenvalue weighted by atomic mass is 15.2. The predicted octanol–water partition coefficient (Wildman–Crippen LogP) is 1.18. The minimum absolute atomic E-state index is 0.0233. The van der Waals surface area contributed by atoms with Crippen LogP contribution >= 0.6 is 0 Å². The minimum Gasteiger partial charge on any atom is -0.325 e. The van der Waals surface area contributed by atoms with Crippen molar-refractivity contribution in [1.82, 2.24) is 15.2 Å². The van der Waals surface area contributed by atoms with Crippen molar-refractivity contribution in [2.75, 3.05) is 0 Å². The first-order chi connectivity index (χ1) is 6.72. The highest BCUT2D eigenvalue weighted by Gasteiger charge is 2.30. The topological polar surface area (TPSA) is 67.6 Å². The second-order valence-electron chi connectivity index (χ2n) is 4.30. The summed E-state index contributed by atoms with van der Waals surface area (Å²) < 4.78 is 0. The summed E-state index contributed by atoms with van der Waals surface area (Å²) in [5.41, 5.74) is 6.23. The molecule has 1 fully saturated rings. The van der Waals surface area contributed by atoms with Crippen LogP contribution in [0.3, 0.4) is 0 Å². The summed E-state index contributed by atoms with van der Waals surface area (Å²) in [6.45, 7) is 2.06. The van der Waals surface area contributed by atoms with Crippen LogP contribution in [0.15, 0.2) is 0 Å². The van der Waals surface area contributed by atoms with Crippen molar-refractivity contribution >= 4 is 0 Å². The van der Waals surface area contributed by atoms with Crippen molar-refractivity contribution in [1.29, 1.82) is 0 Å². The van der Waals surface area contributed by atoms with E-state index in [1.807, 2.05) is 0 Å². The Hall–Kier alpha value is -0.900. The van der Waals surface area contributed by atoms with E-state index < -0.39 is 0 Å². The molecule has 1 saturated carbocycles. The highest BCUT2D eigenvalue weighted by Crippen LogP contribution is 2.29. The third-order valence-corrected chi connectivity index (χ3v) is 3.01. The first kappa shape index (κ1) is 9.65. The zero-order valence-corrected chi connectivity index (χ0v) is 8.71. The van der Waals surface area contributed by atoms with Gasteiger partial charge in [0.15, 0.2) is 0 Å². The maximum absolute atomic E-state index is 6.25. The van der Waals surface area contributed by atoms with Gasteiger partial charge in [-0.05, 0) is 12.8 Å². The van der Waals surface area contributed by atoms with E-state index in [2.05, 4.69) is 22.1 Å². The quantitative estimate of drug-likeness (QED) is 0.759. The largest absolute Gasteiger partial charge is 0.325 e. The number of rotatable bonds is 3. The van der Waals surface area contributed by atoms with E-state index in [4.69, 9.17) is 5.73 Å². The molecule has 1 aliphatic carbocycles. The first-order valence-corrected chi connectivity index (χ1v) is 5.41. The average Bonchev–Trinajstić information content (AvgIpc) is 2.75. The van der Waals surface area contributed by atoms with E-state index >= 15 is 0 Å². The lowest BCUT2D eigenvalue weighted by molar-refractivity contribution is 0.427. The molecule has 0 unspecified atom stereocenters. The van der Waals surface area contributed by atoms with E-state index in [1.165, 1.54) is 12.8 Å². The highest BCUT2D eigenvalue weighted by molar-refractivity contribution is 5.00. The first-order valence-electron chi connectivity index (χ1n) is 5.41. The van der Waals surface area contributed by atoms with E-state index in [-0.39, 0.29) is 5.54 Å². The third-order valence-electron chi connectivity index (χ3n) is 3.01. The molecule has 4 nitrogen and oxygen atoms in total. The van der Waals surface area contributed by atoms with E-state index in [0.29, 0.717) is 0 Å². The summed E-state index contributed by atoms with van der Waals surface area (Å²) in [4.78, 5) is 4.39. The molecule has 0 amide bonds. The molecule has 3 N–H and O–H groups in total. The minimum atomic E-state index is -0.0233. The lowest BCUT2D eigenvalue weighted by Gasteiger charge is -2.21. The van der Waals surface area contributed by atoms with Gasteiger partial charge < -0.3 is 5.73 Å². The van der Waals surface area contributed by atoms with E-state index in [9.17, 15) is 0 Å². The van der Waals surface area contributed by atoms with Crippen LogP contribution < -0.4 is 5.73 Å². The second kappa shape index (κ2) is 3.69. The summed E-state index contributed by atoms with van der Waals surface area (Å²) in [6.07, 6.45) is 6.48. The fourth-order valence-electron chi connectivity index (χ4n) is 2.16. The summed E-state index contributed by atoms with van der Waals surface area (Å²) in [5, 5.41) is 7.08. The molecule has 4 heteroatoms. The molecule has 0 spiro atoms. The zero-order chi connectivity index (χ0) is 10.0. The molecule has 2 rings (SSSR count). The SMILES string of the molecule is CCc1n[nH]c(CC2(N)CCCC2)n1. The molecule has 0 radical (unpaired) electrons. The molecule has 0 saturated heterocycles. The molecule has 1 heterocycles. The number of nitrogens with two attached hydrogens (primary N) is 1. The van der Waals surface area contributed by atoms with Crippen LogP contribution in [0, 0.1) is 0 Å². The number of H-pyrrole nitrogens is 1. The van der Waals surface area contributed by atoms with Crippen molar-refractivity contribution in [3.8, 4) is 0 Å². The van der Waals surface area contributed by atoms with Gasteiger partial charge in [0.2, 0.25) is 0 Å². The van der Waals surface area contributed by atoms with Crippen molar-refractivity contribution < 1.29 is 0 Å². The maximum Gasteiger partial charge on any atom is 0.150 e. The number of aromatic nitrogens is 3. The normalized spacial score (nSPS) is 20.1. The number of nitrogens with zero attached hydrogens (tertiary/aromatic N) is 2.